The second-order valence-electron chi connectivity index (χ2n) is 6.07. The lowest BCUT2D eigenvalue weighted by atomic mass is 10.1. The average Bonchev–Trinajstić information content (AvgIpc) is 3.27. The van der Waals surface area contributed by atoms with Gasteiger partial charge < -0.3 is 9.47 Å². The van der Waals surface area contributed by atoms with Crippen molar-refractivity contribution in [3.63, 3.8) is 0 Å². The highest BCUT2D eigenvalue weighted by Crippen LogP contribution is 2.26. The molecule has 6 nitrogen and oxygen atoms in total. The van der Waals surface area contributed by atoms with Crippen LogP contribution in [0.1, 0.15) is 23.9 Å². The first-order valence-electron chi connectivity index (χ1n) is 7.91. The predicted molar refractivity (Wildman–Crippen MR) is 87.0 cm³/mol. The van der Waals surface area contributed by atoms with Crippen LogP contribution in [0.5, 0.6) is 0 Å². The number of hydrogen-bond acceptors (Lipinski definition) is 3. The zero-order valence-electron chi connectivity index (χ0n) is 13.1. The summed E-state index contributed by atoms with van der Waals surface area (Å²) in [6.45, 7) is 3.85. The summed E-state index contributed by atoms with van der Waals surface area (Å²) in [7, 11) is 0. The van der Waals surface area contributed by atoms with E-state index in [9.17, 15) is 4.79 Å². The monoisotopic (exact) mass is 309 g/mol. The van der Waals surface area contributed by atoms with Crippen molar-refractivity contribution in [3.8, 4) is 0 Å². The third kappa shape index (κ3) is 2.50. The summed E-state index contributed by atoms with van der Waals surface area (Å²) in [5, 5.41) is 7.02. The third-order valence-corrected chi connectivity index (χ3v) is 4.64. The van der Waals surface area contributed by atoms with Crippen molar-refractivity contribution in [3.05, 3.63) is 48.0 Å². The molecule has 0 spiro atoms. The van der Waals surface area contributed by atoms with E-state index in [-0.39, 0.29) is 5.91 Å². The molecule has 6 heteroatoms. The number of nitrogens with one attached hydrogen (secondary N) is 1. The minimum Gasteiger partial charge on any atom is -0.340 e. The Morgan fingerprint density at radius 2 is 2.22 bits per heavy atom. The number of fused-ring (bicyclic) bond motifs is 1. The van der Waals surface area contributed by atoms with Crippen LogP contribution in [0, 0.1) is 6.92 Å². The maximum Gasteiger partial charge on any atom is 0.242 e. The Balaban J connectivity index is 1.51. The second-order valence-corrected chi connectivity index (χ2v) is 6.07. The first-order chi connectivity index (χ1) is 11.2. The van der Waals surface area contributed by atoms with E-state index in [2.05, 4.69) is 15.2 Å². The number of benzene rings is 1. The number of carbonyl (C=O) groups is 1. The van der Waals surface area contributed by atoms with E-state index in [1.165, 1.54) is 0 Å². The zero-order chi connectivity index (χ0) is 15.8. The Morgan fingerprint density at radius 1 is 1.35 bits per heavy atom. The molecular weight excluding hydrogens is 290 g/mol. The van der Waals surface area contributed by atoms with E-state index in [0.717, 1.165) is 42.1 Å². The summed E-state index contributed by atoms with van der Waals surface area (Å²) < 4.78 is 2.00. The molecule has 1 fully saturated rings. The number of nitrogens with zero attached hydrogens (tertiary/aromatic N) is 4. The Morgan fingerprint density at radius 3 is 3.04 bits per heavy atom. The molecule has 1 atom stereocenters. The quantitative estimate of drug-likeness (QED) is 0.805. The highest BCUT2D eigenvalue weighted by molar-refractivity contribution is 5.81. The number of aryl methyl sites for hydroxylation is 1. The van der Waals surface area contributed by atoms with Gasteiger partial charge in [0.1, 0.15) is 12.4 Å². The van der Waals surface area contributed by atoms with Gasteiger partial charge in [-0.1, -0.05) is 12.1 Å². The first kappa shape index (κ1) is 14.0. The predicted octanol–water partition coefficient (Wildman–Crippen LogP) is 2.08. The van der Waals surface area contributed by atoms with Crippen LogP contribution >= 0.6 is 0 Å². The fourth-order valence-electron chi connectivity index (χ4n) is 3.37. The molecule has 1 N–H and O–H groups in total. The number of carbonyl (C=O) groups excluding carboxylic acids is 1. The molecule has 0 unspecified atom stereocenters. The van der Waals surface area contributed by atoms with E-state index in [0.29, 0.717) is 12.5 Å². The minimum atomic E-state index is 0.151. The van der Waals surface area contributed by atoms with Crippen LogP contribution in [0.15, 0.2) is 36.5 Å². The molecule has 0 bridgehead atoms. The van der Waals surface area contributed by atoms with Gasteiger partial charge in [-0.05, 0) is 31.5 Å². The summed E-state index contributed by atoms with van der Waals surface area (Å²) in [6.07, 6.45) is 2.75. The van der Waals surface area contributed by atoms with Crippen molar-refractivity contribution in [2.45, 2.75) is 25.8 Å². The molecule has 118 valence electrons. The van der Waals surface area contributed by atoms with E-state index < -0.39 is 0 Å². The van der Waals surface area contributed by atoms with Crippen LogP contribution in [0.3, 0.4) is 0 Å². The number of rotatable bonds is 3. The Hall–Kier alpha value is -2.63. The smallest absolute Gasteiger partial charge is 0.242 e. The van der Waals surface area contributed by atoms with Gasteiger partial charge in [-0.3, -0.25) is 9.89 Å². The van der Waals surface area contributed by atoms with Gasteiger partial charge in [-0.2, -0.15) is 5.10 Å². The topological polar surface area (TPSA) is 66.8 Å². The maximum atomic E-state index is 12.7. The average molecular weight is 309 g/mol. The lowest BCUT2D eigenvalue weighted by Crippen LogP contribution is -2.32. The second kappa shape index (κ2) is 5.53. The highest BCUT2D eigenvalue weighted by atomic mass is 16.2. The van der Waals surface area contributed by atoms with Gasteiger partial charge >= 0.3 is 0 Å². The molecule has 2 aromatic heterocycles. The van der Waals surface area contributed by atoms with Crippen molar-refractivity contribution < 1.29 is 4.79 Å². The Bertz CT molecular complexity index is 836. The number of amides is 1. The molecule has 4 rings (SSSR count). The Labute approximate surface area is 134 Å². The lowest BCUT2D eigenvalue weighted by molar-refractivity contribution is -0.130. The minimum absolute atomic E-state index is 0.151. The van der Waals surface area contributed by atoms with Gasteiger partial charge in [-0.15, -0.1) is 0 Å². The number of H-pyrrole nitrogens is 1. The molecule has 1 aliphatic rings. The molecule has 1 saturated heterocycles. The van der Waals surface area contributed by atoms with Crippen LogP contribution < -0.4 is 0 Å². The lowest BCUT2D eigenvalue weighted by Gasteiger charge is -2.17. The first-order valence-corrected chi connectivity index (χ1v) is 7.91. The summed E-state index contributed by atoms with van der Waals surface area (Å²) >= 11 is 0. The van der Waals surface area contributed by atoms with Gasteiger partial charge in [0.25, 0.3) is 0 Å². The number of imidazole rings is 1. The summed E-state index contributed by atoms with van der Waals surface area (Å²) in [4.78, 5) is 19.1. The molecule has 0 saturated carbocycles. The SMILES string of the molecule is Cc1nc2ccccc2n1CC(=O)N1CC[C@H](c2ccn[nH]2)C1. The zero-order valence-corrected chi connectivity index (χ0v) is 13.1. The fraction of sp³-hybridized carbons (Fsp3) is 0.353. The van der Waals surface area contributed by atoms with Crippen molar-refractivity contribution in [2.75, 3.05) is 13.1 Å². The summed E-state index contributed by atoms with van der Waals surface area (Å²) in [6, 6.07) is 9.94. The van der Waals surface area contributed by atoms with Gasteiger partial charge in [0.15, 0.2) is 0 Å². The van der Waals surface area contributed by atoms with Crippen LogP contribution in [0.4, 0.5) is 0 Å². The van der Waals surface area contributed by atoms with Crippen LogP contribution in [-0.4, -0.2) is 43.6 Å². The largest absolute Gasteiger partial charge is 0.340 e. The molecule has 1 aromatic carbocycles. The highest BCUT2D eigenvalue weighted by Gasteiger charge is 2.28. The molecular formula is C17H19N5O. The van der Waals surface area contributed by atoms with Crippen molar-refractivity contribution in [1.29, 1.82) is 0 Å². The van der Waals surface area contributed by atoms with Crippen LogP contribution in [0.25, 0.3) is 11.0 Å². The standard InChI is InChI=1S/C17H19N5O/c1-12-19-15-4-2-3-5-16(15)22(12)11-17(23)21-9-7-13(10-21)14-6-8-18-20-14/h2-6,8,13H,7,9-11H2,1H3,(H,18,20)/t13-/m0/s1. The Kier molecular flexibility index (Phi) is 3.37. The van der Waals surface area contributed by atoms with Gasteiger partial charge in [-0.25, -0.2) is 4.98 Å². The van der Waals surface area contributed by atoms with Crippen molar-refractivity contribution >= 4 is 16.9 Å². The van der Waals surface area contributed by atoms with E-state index in [1.54, 1.807) is 6.20 Å². The van der Waals surface area contributed by atoms with E-state index >= 15 is 0 Å². The molecule has 1 aliphatic heterocycles. The number of aromatic nitrogens is 4. The van der Waals surface area contributed by atoms with Crippen LogP contribution in [0.2, 0.25) is 0 Å². The fourth-order valence-corrected chi connectivity index (χ4v) is 3.37. The van der Waals surface area contributed by atoms with Gasteiger partial charge in [0, 0.05) is 30.9 Å². The van der Waals surface area contributed by atoms with Crippen molar-refractivity contribution in [2.24, 2.45) is 0 Å². The number of para-hydroxylation sites is 2. The number of likely N-dealkylation sites (tertiary alicyclic amines) is 1. The number of hydrogen-bond donors (Lipinski definition) is 1. The summed E-state index contributed by atoms with van der Waals surface area (Å²) in [5.41, 5.74) is 3.07. The molecule has 23 heavy (non-hydrogen) atoms. The summed E-state index contributed by atoms with van der Waals surface area (Å²) in [5.74, 6) is 1.39. The van der Waals surface area contributed by atoms with Crippen molar-refractivity contribution in [1.82, 2.24) is 24.6 Å². The number of aromatic amines is 1. The molecule has 0 radical (unpaired) electrons. The normalized spacial score (nSPS) is 18.0. The maximum absolute atomic E-state index is 12.7. The van der Waals surface area contributed by atoms with E-state index in [1.807, 2.05) is 46.7 Å². The molecule has 0 aliphatic carbocycles. The van der Waals surface area contributed by atoms with E-state index in [4.69, 9.17) is 0 Å². The molecule has 3 heterocycles. The van der Waals surface area contributed by atoms with Gasteiger partial charge in [0.05, 0.1) is 11.0 Å². The van der Waals surface area contributed by atoms with Gasteiger partial charge in [0.2, 0.25) is 5.91 Å². The molecule has 1 amide bonds. The molecule has 3 aromatic rings. The third-order valence-electron chi connectivity index (χ3n) is 4.64. The van der Waals surface area contributed by atoms with Crippen LogP contribution in [-0.2, 0) is 11.3 Å².